The molecule has 0 saturated carbocycles. The van der Waals surface area contributed by atoms with Gasteiger partial charge < -0.3 is 4.74 Å². The molecule has 0 aliphatic heterocycles. The summed E-state index contributed by atoms with van der Waals surface area (Å²) in [5, 5.41) is 10.6. The summed E-state index contributed by atoms with van der Waals surface area (Å²) >= 11 is 4.79. The Morgan fingerprint density at radius 2 is 2.53 bits per heavy atom. The van der Waals surface area contributed by atoms with Crippen LogP contribution in [0.3, 0.4) is 0 Å². The van der Waals surface area contributed by atoms with Gasteiger partial charge in [-0.1, -0.05) is 0 Å². The van der Waals surface area contributed by atoms with Crippen molar-refractivity contribution < 1.29 is 9.53 Å². The summed E-state index contributed by atoms with van der Waals surface area (Å²) in [5.41, 5.74) is 0.832. The molecule has 1 aromatic heterocycles. The normalized spacial score (nSPS) is 10.9. The third kappa shape index (κ3) is 3.50. The lowest BCUT2D eigenvalue weighted by atomic mass is 10.2. The first-order valence-electron chi connectivity index (χ1n) is 4.20. The van der Waals surface area contributed by atoms with E-state index in [9.17, 15) is 4.79 Å². The molecule has 1 heterocycles. The van der Waals surface area contributed by atoms with Crippen LogP contribution in [0.2, 0.25) is 0 Å². The van der Waals surface area contributed by atoms with Crippen molar-refractivity contribution in [1.82, 2.24) is 0 Å². The largest absolute Gasteiger partial charge is 0.462 e. The molecule has 3 nitrogen and oxygen atoms in total. The minimum atomic E-state index is -0.581. The van der Waals surface area contributed by atoms with Crippen molar-refractivity contribution in [2.24, 2.45) is 0 Å². The maximum Gasteiger partial charge on any atom is 0.348 e. The van der Waals surface area contributed by atoms with Crippen LogP contribution in [0, 0.1) is 11.3 Å². The maximum atomic E-state index is 11.3. The fourth-order valence-electron chi connectivity index (χ4n) is 0.911. The zero-order valence-electron chi connectivity index (χ0n) is 7.99. The van der Waals surface area contributed by atoms with Gasteiger partial charge in [-0.2, -0.15) is 5.26 Å². The first-order valence-corrected chi connectivity index (χ1v) is 5.87. The van der Waals surface area contributed by atoms with E-state index in [1.807, 2.05) is 17.5 Å². The van der Waals surface area contributed by atoms with Crippen LogP contribution in [0.25, 0.3) is 6.08 Å². The highest BCUT2D eigenvalue weighted by Gasteiger charge is 2.09. The van der Waals surface area contributed by atoms with Gasteiger partial charge >= 0.3 is 5.97 Å². The van der Waals surface area contributed by atoms with Gasteiger partial charge in [0.1, 0.15) is 11.6 Å². The van der Waals surface area contributed by atoms with E-state index in [1.165, 1.54) is 17.4 Å². The number of halogens is 1. The van der Waals surface area contributed by atoms with Gasteiger partial charge in [0, 0.05) is 0 Å². The highest BCUT2D eigenvalue weighted by Crippen LogP contribution is 2.22. The number of nitriles is 1. The molecule has 0 spiro atoms. The first kappa shape index (κ1) is 12.0. The van der Waals surface area contributed by atoms with Crippen molar-refractivity contribution in [1.29, 1.82) is 5.26 Å². The lowest BCUT2D eigenvalue weighted by molar-refractivity contribution is -0.137. The van der Waals surface area contributed by atoms with E-state index >= 15 is 0 Å². The summed E-state index contributed by atoms with van der Waals surface area (Å²) in [6, 6.07) is 3.65. The molecule has 0 aromatic carbocycles. The summed E-state index contributed by atoms with van der Waals surface area (Å²) < 4.78 is 5.69. The molecule has 0 unspecified atom stereocenters. The number of nitrogens with zero attached hydrogens (tertiary/aromatic N) is 1. The number of hydrogen-bond donors (Lipinski definition) is 0. The van der Waals surface area contributed by atoms with Crippen LogP contribution < -0.4 is 0 Å². The molecule has 0 amide bonds. The third-order valence-electron chi connectivity index (χ3n) is 1.51. The predicted octanol–water partition coefficient (Wildman–Crippen LogP) is 2.98. The van der Waals surface area contributed by atoms with Crippen molar-refractivity contribution in [3.8, 4) is 6.07 Å². The summed E-state index contributed by atoms with van der Waals surface area (Å²) in [5.74, 6) is -0.581. The van der Waals surface area contributed by atoms with Crippen LogP contribution in [0.15, 0.2) is 20.8 Å². The minimum absolute atomic E-state index is 0.0159. The molecule has 15 heavy (non-hydrogen) atoms. The van der Waals surface area contributed by atoms with Crippen molar-refractivity contribution >= 4 is 39.3 Å². The lowest BCUT2D eigenvalue weighted by Gasteiger charge is -1.97. The number of carbonyl (C=O) groups excluding carboxylic acids is 1. The van der Waals surface area contributed by atoms with Crippen LogP contribution in [-0.2, 0) is 9.53 Å². The van der Waals surface area contributed by atoms with Gasteiger partial charge in [-0.05, 0) is 45.9 Å². The summed E-state index contributed by atoms with van der Waals surface area (Å²) in [7, 11) is 0. The van der Waals surface area contributed by atoms with Gasteiger partial charge in [-0.3, -0.25) is 0 Å². The standard InChI is InChI=1S/C10H8BrNO2S/c1-2-14-10(13)8(5-12)3-7-4-9(11)15-6-7/h3-4,6H,2H2,1H3/b8-3+. The number of esters is 1. The van der Waals surface area contributed by atoms with E-state index in [2.05, 4.69) is 15.9 Å². The van der Waals surface area contributed by atoms with E-state index in [-0.39, 0.29) is 12.2 Å². The third-order valence-corrected chi connectivity index (χ3v) is 3.04. The predicted molar refractivity (Wildman–Crippen MR) is 62.2 cm³/mol. The van der Waals surface area contributed by atoms with Crippen LogP contribution >= 0.6 is 27.3 Å². The summed E-state index contributed by atoms with van der Waals surface area (Å²) in [6.45, 7) is 1.97. The molecule has 0 aliphatic carbocycles. The molecule has 0 radical (unpaired) electrons. The topological polar surface area (TPSA) is 50.1 Å². The van der Waals surface area contributed by atoms with Crippen LogP contribution in [-0.4, -0.2) is 12.6 Å². The monoisotopic (exact) mass is 285 g/mol. The van der Waals surface area contributed by atoms with Gasteiger partial charge in [0.15, 0.2) is 0 Å². The maximum absolute atomic E-state index is 11.3. The van der Waals surface area contributed by atoms with E-state index in [1.54, 1.807) is 6.92 Å². The Kier molecular flexibility index (Phi) is 4.53. The number of carbonyl (C=O) groups is 1. The van der Waals surface area contributed by atoms with Gasteiger partial charge in [-0.15, -0.1) is 11.3 Å². The SMILES string of the molecule is CCOC(=O)/C(C#N)=C/c1csc(Br)c1. The molecule has 1 aromatic rings. The molecule has 78 valence electrons. The summed E-state index contributed by atoms with van der Waals surface area (Å²) in [6.07, 6.45) is 1.51. The average molecular weight is 286 g/mol. The highest BCUT2D eigenvalue weighted by molar-refractivity contribution is 9.11. The molecule has 5 heteroatoms. The molecule has 0 aliphatic rings. The Morgan fingerprint density at radius 1 is 1.80 bits per heavy atom. The van der Waals surface area contributed by atoms with Crippen LogP contribution in [0.1, 0.15) is 12.5 Å². The molecule has 0 fully saturated rings. The fourth-order valence-corrected chi connectivity index (χ4v) is 2.05. The molecular formula is C10H8BrNO2S. The van der Waals surface area contributed by atoms with Crippen LogP contribution in [0.5, 0.6) is 0 Å². The Hall–Kier alpha value is -1.12. The smallest absolute Gasteiger partial charge is 0.348 e. The average Bonchev–Trinajstić information content (AvgIpc) is 2.61. The van der Waals surface area contributed by atoms with Gasteiger partial charge in [0.25, 0.3) is 0 Å². The zero-order valence-corrected chi connectivity index (χ0v) is 10.4. The fraction of sp³-hybridized carbons (Fsp3) is 0.200. The Bertz CT molecular complexity index is 431. The minimum Gasteiger partial charge on any atom is -0.462 e. The molecular weight excluding hydrogens is 278 g/mol. The van der Waals surface area contributed by atoms with E-state index in [0.717, 1.165) is 9.35 Å². The number of rotatable bonds is 3. The number of thiophene rings is 1. The second kappa shape index (κ2) is 5.69. The van der Waals surface area contributed by atoms with Crippen LogP contribution in [0.4, 0.5) is 0 Å². The van der Waals surface area contributed by atoms with Crippen molar-refractivity contribution in [2.75, 3.05) is 6.61 Å². The molecule has 0 bridgehead atoms. The van der Waals surface area contributed by atoms with Crippen molar-refractivity contribution in [2.45, 2.75) is 6.92 Å². The quantitative estimate of drug-likeness (QED) is 0.487. The molecule has 0 saturated heterocycles. The first-order chi connectivity index (χ1) is 7.17. The van der Waals surface area contributed by atoms with Gasteiger partial charge in [-0.25, -0.2) is 4.79 Å². The lowest BCUT2D eigenvalue weighted by Crippen LogP contribution is -2.05. The zero-order chi connectivity index (χ0) is 11.3. The highest BCUT2D eigenvalue weighted by atomic mass is 79.9. The van der Waals surface area contributed by atoms with Gasteiger partial charge in [0.2, 0.25) is 0 Å². The Balaban J connectivity index is 2.88. The summed E-state index contributed by atoms with van der Waals surface area (Å²) in [4.78, 5) is 11.3. The Morgan fingerprint density at radius 3 is 3.00 bits per heavy atom. The molecule has 1 rings (SSSR count). The second-order valence-corrected chi connectivity index (χ2v) is 4.86. The number of ether oxygens (including phenoxy) is 1. The number of hydrogen-bond acceptors (Lipinski definition) is 4. The van der Waals surface area contributed by atoms with Gasteiger partial charge in [0.05, 0.1) is 10.4 Å². The Labute approximate surface area is 100 Å². The molecule has 0 N–H and O–H groups in total. The second-order valence-electron chi connectivity index (χ2n) is 2.57. The van der Waals surface area contributed by atoms with E-state index < -0.39 is 5.97 Å². The molecule has 0 atom stereocenters. The van der Waals surface area contributed by atoms with Crippen molar-refractivity contribution in [3.63, 3.8) is 0 Å². The van der Waals surface area contributed by atoms with E-state index in [4.69, 9.17) is 10.00 Å². The van der Waals surface area contributed by atoms with Crippen molar-refractivity contribution in [3.05, 3.63) is 26.4 Å². The van der Waals surface area contributed by atoms with E-state index in [0.29, 0.717) is 0 Å².